The van der Waals surface area contributed by atoms with Gasteiger partial charge in [-0.3, -0.25) is 4.79 Å². The van der Waals surface area contributed by atoms with Gasteiger partial charge in [0.15, 0.2) is 0 Å². The molecule has 0 aromatic heterocycles. The molecule has 0 aliphatic carbocycles. The Morgan fingerprint density at radius 3 is 2.32 bits per heavy atom. The lowest BCUT2D eigenvalue weighted by atomic mass is 9.99. The van der Waals surface area contributed by atoms with E-state index >= 15 is 0 Å². The number of nitrogens with one attached hydrogen (secondary N) is 1. The summed E-state index contributed by atoms with van der Waals surface area (Å²) >= 11 is 1.71. The Hall–Kier alpha value is -1.05. The lowest BCUT2D eigenvalue weighted by Crippen LogP contribution is -2.52. The van der Waals surface area contributed by atoms with Crippen molar-refractivity contribution in [3.63, 3.8) is 0 Å². The van der Waals surface area contributed by atoms with Gasteiger partial charge in [-0.1, -0.05) is 12.1 Å². The largest absolute Gasteiger partial charge is 0.353 e. The van der Waals surface area contributed by atoms with Crippen LogP contribution in [0.25, 0.3) is 0 Å². The third kappa shape index (κ3) is 4.57. The molecule has 0 radical (unpaired) electrons. The van der Waals surface area contributed by atoms with Gasteiger partial charge in [0.25, 0.3) is 0 Å². The molecule has 2 fully saturated rings. The average molecular weight is 383 g/mol. The van der Waals surface area contributed by atoms with Crippen LogP contribution in [-0.2, 0) is 21.2 Å². The number of sulfonamides is 1. The number of rotatable bonds is 6. The summed E-state index contributed by atoms with van der Waals surface area (Å²) < 4.78 is 25.5. The molecule has 2 bridgehead atoms. The van der Waals surface area contributed by atoms with E-state index < -0.39 is 10.0 Å². The fourth-order valence-electron chi connectivity index (χ4n) is 4.14. The van der Waals surface area contributed by atoms with Crippen LogP contribution in [0.4, 0.5) is 0 Å². The van der Waals surface area contributed by atoms with E-state index in [0.717, 1.165) is 32.1 Å². The number of amides is 1. The van der Waals surface area contributed by atoms with E-state index in [1.807, 2.05) is 6.26 Å². The van der Waals surface area contributed by atoms with E-state index in [-0.39, 0.29) is 24.0 Å². The third-order valence-electron chi connectivity index (χ3n) is 5.21. The monoisotopic (exact) mass is 382 g/mol. The van der Waals surface area contributed by atoms with Gasteiger partial charge >= 0.3 is 0 Å². The van der Waals surface area contributed by atoms with Crippen LogP contribution in [0.5, 0.6) is 0 Å². The summed E-state index contributed by atoms with van der Waals surface area (Å²) in [7, 11) is -3.15. The Morgan fingerprint density at radius 2 is 1.80 bits per heavy atom. The summed E-state index contributed by atoms with van der Waals surface area (Å²) in [5.74, 6) is 0.0612. The van der Waals surface area contributed by atoms with Gasteiger partial charge in [0, 0.05) is 29.4 Å². The molecule has 0 saturated carbocycles. The maximum Gasteiger partial charge on any atom is 0.220 e. The highest BCUT2D eigenvalue weighted by Gasteiger charge is 2.45. The zero-order chi connectivity index (χ0) is 18.0. The minimum absolute atomic E-state index is 0.0538. The molecule has 3 atom stereocenters. The number of thioether (sulfide) groups is 1. The van der Waals surface area contributed by atoms with Crippen LogP contribution in [0.1, 0.15) is 37.7 Å². The Morgan fingerprint density at radius 1 is 1.20 bits per heavy atom. The molecular formula is C18H26N2O3S2. The van der Waals surface area contributed by atoms with E-state index in [9.17, 15) is 13.2 Å². The van der Waals surface area contributed by atoms with Crippen LogP contribution in [0.3, 0.4) is 0 Å². The van der Waals surface area contributed by atoms with Crippen LogP contribution in [0.15, 0.2) is 29.2 Å². The molecule has 7 heteroatoms. The quantitative estimate of drug-likeness (QED) is 0.768. The summed E-state index contributed by atoms with van der Waals surface area (Å²) in [6.07, 6.45) is 7.83. The highest BCUT2D eigenvalue weighted by molar-refractivity contribution is 7.98. The van der Waals surface area contributed by atoms with Crippen molar-refractivity contribution in [1.82, 2.24) is 9.62 Å². The molecule has 1 amide bonds. The Balaban J connectivity index is 1.49. The van der Waals surface area contributed by atoms with Gasteiger partial charge in [0.05, 0.1) is 6.26 Å². The van der Waals surface area contributed by atoms with E-state index in [0.29, 0.717) is 6.42 Å². The number of hydrogen-bond donors (Lipinski definition) is 1. The van der Waals surface area contributed by atoms with Crippen LogP contribution >= 0.6 is 11.8 Å². The molecule has 5 nitrogen and oxygen atoms in total. The molecule has 2 saturated heterocycles. The summed E-state index contributed by atoms with van der Waals surface area (Å²) in [6, 6.07) is 8.51. The number of carbonyl (C=O) groups is 1. The normalized spacial score (nSPS) is 26.6. The zero-order valence-corrected chi connectivity index (χ0v) is 16.4. The van der Waals surface area contributed by atoms with Gasteiger partial charge < -0.3 is 5.32 Å². The van der Waals surface area contributed by atoms with Crippen LogP contribution in [0, 0.1) is 0 Å². The van der Waals surface area contributed by atoms with Gasteiger partial charge in [-0.05, 0) is 56.1 Å². The highest BCUT2D eigenvalue weighted by atomic mass is 32.2. The second-order valence-corrected chi connectivity index (χ2v) is 9.83. The molecule has 1 unspecified atom stereocenters. The SMILES string of the molecule is CSc1ccc(CCC(=O)NC2C[C@H]3CC[C@@H](C2)N3S(C)(=O)=O)cc1. The van der Waals surface area contributed by atoms with E-state index in [4.69, 9.17) is 0 Å². The average Bonchev–Trinajstić information content (AvgIpc) is 2.86. The van der Waals surface area contributed by atoms with Crippen LogP contribution in [-0.4, -0.2) is 49.3 Å². The Bertz CT molecular complexity index is 704. The molecule has 2 aliphatic rings. The first-order valence-corrected chi connectivity index (χ1v) is 11.8. The topological polar surface area (TPSA) is 66.5 Å². The molecule has 2 heterocycles. The number of carbonyl (C=O) groups excluding carboxylic acids is 1. The first kappa shape index (κ1) is 18.7. The minimum atomic E-state index is -3.15. The van der Waals surface area contributed by atoms with E-state index in [2.05, 4.69) is 29.6 Å². The number of nitrogens with zero attached hydrogens (tertiary/aromatic N) is 1. The van der Waals surface area contributed by atoms with Crippen molar-refractivity contribution < 1.29 is 13.2 Å². The second-order valence-electron chi connectivity index (χ2n) is 7.06. The number of hydrogen-bond acceptors (Lipinski definition) is 4. The number of fused-ring (bicyclic) bond motifs is 2. The first-order valence-electron chi connectivity index (χ1n) is 8.77. The van der Waals surface area contributed by atoms with E-state index in [1.165, 1.54) is 16.7 Å². The van der Waals surface area contributed by atoms with Crippen molar-refractivity contribution >= 4 is 27.7 Å². The summed E-state index contributed by atoms with van der Waals surface area (Å²) in [6.45, 7) is 0. The smallest absolute Gasteiger partial charge is 0.220 e. The van der Waals surface area contributed by atoms with Gasteiger partial charge in [0.2, 0.25) is 15.9 Å². The van der Waals surface area contributed by atoms with Gasteiger partial charge in [0.1, 0.15) is 0 Å². The van der Waals surface area contributed by atoms with Crippen LogP contribution in [0.2, 0.25) is 0 Å². The summed E-state index contributed by atoms with van der Waals surface area (Å²) in [5, 5.41) is 3.12. The van der Waals surface area contributed by atoms with Crippen molar-refractivity contribution in [2.75, 3.05) is 12.5 Å². The fourth-order valence-corrected chi connectivity index (χ4v) is 6.02. The molecule has 138 valence electrons. The standard InChI is InChI=1S/C18H26N2O3S2/c1-24-17-8-3-13(4-9-17)5-10-18(21)19-14-11-15-6-7-16(12-14)20(15)25(2,22)23/h3-4,8-9,14-16H,5-7,10-12H2,1-2H3,(H,19,21)/t14?,15-,16+. The van der Waals surface area contributed by atoms with Crippen molar-refractivity contribution in [2.45, 2.75) is 61.5 Å². The van der Waals surface area contributed by atoms with Crippen LogP contribution < -0.4 is 5.32 Å². The predicted molar refractivity (Wildman–Crippen MR) is 101 cm³/mol. The highest BCUT2D eigenvalue weighted by Crippen LogP contribution is 2.37. The molecule has 3 rings (SSSR count). The van der Waals surface area contributed by atoms with Crippen molar-refractivity contribution in [1.29, 1.82) is 0 Å². The second kappa shape index (κ2) is 7.68. The molecule has 25 heavy (non-hydrogen) atoms. The lowest BCUT2D eigenvalue weighted by molar-refractivity contribution is -0.122. The zero-order valence-electron chi connectivity index (χ0n) is 14.8. The number of aryl methyl sites for hydroxylation is 1. The first-order chi connectivity index (χ1) is 11.9. The minimum Gasteiger partial charge on any atom is -0.353 e. The van der Waals surface area contributed by atoms with Gasteiger partial charge in [-0.2, -0.15) is 4.31 Å². The maximum absolute atomic E-state index is 12.3. The van der Waals surface area contributed by atoms with Gasteiger partial charge in [-0.15, -0.1) is 11.8 Å². The lowest BCUT2D eigenvalue weighted by Gasteiger charge is -2.37. The number of piperidine rings is 1. The molecule has 1 aromatic rings. The third-order valence-corrected chi connectivity index (χ3v) is 7.32. The van der Waals surface area contributed by atoms with Crippen molar-refractivity contribution in [3.8, 4) is 0 Å². The van der Waals surface area contributed by atoms with Crippen molar-refractivity contribution in [3.05, 3.63) is 29.8 Å². The maximum atomic E-state index is 12.3. The fraction of sp³-hybridized carbons (Fsp3) is 0.611. The number of benzene rings is 1. The molecule has 2 aliphatic heterocycles. The predicted octanol–water partition coefficient (Wildman–Crippen LogP) is 2.41. The Labute approximate surface area is 154 Å². The van der Waals surface area contributed by atoms with Gasteiger partial charge in [-0.25, -0.2) is 8.42 Å². The van der Waals surface area contributed by atoms with Crippen molar-refractivity contribution in [2.24, 2.45) is 0 Å². The summed E-state index contributed by atoms with van der Waals surface area (Å²) in [4.78, 5) is 13.5. The molecule has 1 N–H and O–H groups in total. The molecule has 0 spiro atoms. The Kier molecular flexibility index (Phi) is 5.75. The molecule has 1 aromatic carbocycles. The summed E-state index contributed by atoms with van der Waals surface area (Å²) in [5.41, 5.74) is 1.17. The molecular weight excluding hydrogens is 356 g/mol. The van der Waals surface area contributed by atoms with E-state index in [1.54, 1.807) is 16.1 Å².